The number of nitrogens with two attached hydrogens (primary N) is 1. The highest BCUT2D eigenvalue weighted by Crippen LogP contribution is 2.22. The molecule has 2 aromatic carbocycles. The number of amides is 2. The van der Waals surface area contributed by atoms with E-state index in [1.54, 1.807) is 36.4 Å². The number of primary amides is 1. The van der Waals surface area contributed by atoms with Gasteiger partial charge in [0.2, 0.25) is 5.91 Å². The van der Waals surface area contributed by atoms with E-state index >= 15 is 0 Å². The van der Waals surface area contributed by atoms with Gasteiger partial charge in [-0.25, -0.2) is 0 Å². The Morgan fingerprint density at radius 1 is 0.920 bits per heavy atom. The fourth-order valence-electron chi connectivity index (χ4n) is 2.34. The molecule has 5 nitrogen and oxygen atoms in total. The molecule has 25 heavy (non-hydrogen) atoms. The lowest BCUT2D eigenvalue weighted by Crippen LogP contribution is -2.16. The lowest BCUT2D eigenvalue weighted by Gasteiger charge is -2.06. The SMILES string of the molecule is NC(=O)c1ccccc1NC(=O)/C=C/c1ccc(-c2ccccc2)o1. The summed E-state index contributed by atoms with van der Waals surface area (Å²) >= 11 is 0. The van der Waals surface area contributed by atoms with Crippen LogP contribution in [-0.2, 0) is 4.79 Å². The van der Waals surface area contributed by atoms with Crippen molar-refractivity contribution in [3.63, 3.8) is 0 Å². The highest BCUT2D eigenvalue weighted by molar-refractivity contribution is 6.07. The van der Waals surface area contributed by atoms with Crippen molar-refractivity contribution in [2.75, 3.05) is 5.32 Å². The smallest absolute Gasteiger partial charge is 0.250 e. The van der Waals surface area contributed by atoms with Gasteiger partial charge in [0.05, 0.1) is 11.3 Å². The average molecular weight is 332 g/mol. The Bertz CT molecular complexity index is 927. The Hall–Kier alpha value is -3.60. The number of para-hydroxylation sites is 1. The number of benzene rings is 2. The van der Waals surface area contributed by atoms with Crippen molar-refractivity contribution in [1.82, 2.24) is 0 Å². The Morgan fingerprint density at radius 3 is 2.40 bits per heavy atom. The van der Waals surface area contributed by atoms with Gasteiger partial charge in [0, 0.05) is 11.6 Å². The molecule has 1 heterocycles. The summed E-state index contributed by atoms with van der Waals surface area (Å²) in [6, 6.07) is 19.9. The van der Waals surface area contributed by atoms with Crippen LogP contribution < -0.4 is 11.1 Å². The van der Waals surface area contributed by atoms with Crippen LogP contribution in [-0.4, -0.2) is 11.8 Å². The molecule has 2 amide bonds. The lowest BCUT2D eigenvalue weighted by atomic mass is 10.1. The van der Waals surface area contributed by atoms with Gasteiger partial charge >= 0.3 is 0 Å². The van der Waals surface area contributed by atoms with Gasteiger partial charge in [-0.3, -0.25) is 9.59 Å². The molecule has 0 bridgehead atoms. The van der Waals surface area contributed by atoms with Crippen LogP contribution in [0.15, 0.2) is 77.2 Å². The van der Waals surface area contributed by atoms with Gasteiger partial charge in [-0.2, -0.15) is 0 Å². The van der Waals surface area contributed by atoms with Crippen molar-refractivity contribution < 1.29 is 14.0 Å². The molecule has 0 saturated carbocycles. The van der Waals surface area contributed by atoms with Crippen LogP contribution in [0, 0.1) is 0 Å². The molecule has 0 atom stereocenters. The number of anilines is 1. The van der Waals surface area contributed by atoms with Gasteiger partial charge in [-0.05, 0) is 30.3 Å². The van der Waals surface area contributed by atoms with Crippen LogP contribution in [0.1, 0.15) is 16.1 Å². The third-order valence-electron chi connectivity index (χ3n) is 3.53. The van der Waals surface area contributed by atoms with E-state index in [1.165, 1.54) is 6.08 Å². The summed E-state index contributed by atoms with van der Waals surface area (Å²) in [5.41, 5.74) is 6.88. The molecule has 0 saturated heterocycles. The van der Waals surface area contributed by atoms with Crippen LogP contribution >= 0.6 is 0 Å². The zero-order valence-corrected chi connectivity index (χ0v) is 13.3. The second kappa shape index (κ2) is 7.31. The highest BCUT2D eigenvalue weighted by atomic mass is 16.3. The first kappa shape index (κ1) is 16.3. The summed E-state index contributed by atoms with van der Waals surface area (Å²) in [5.74, 6) is 0.293. The monoisotopic (exact) mass is 332 g/mol. The van der Waals surface area contributed by atoms with E-state index in [2.05, 4.69) is 5.32 Å². The lowest BCUT2D eigenvalue weighted by molar-refractivity contribution is -0.111. The molecule has 0 aliphatic carbocycles. The minimum absolute atomic E-state index is 0.258. The van der Waals surface area contributed by atoms with Crippen LogP contribution in [0.2, 0.25) is 0 Å². The molecule has 0 aliphatic rings. The van der Waals surface area contributed by atoms with Crippen molar-refractivity contribution in [3.05, 3.63) is 84.1 Å². The number of hydrogen-bond acceptors (Lipinski definition) is 3. The summed E-state index contributed by atoms with van der Waals surface area (Å²) in [6.45, 7) is 0. The molecular weight excluding hydrogens is 316 g/mol. The molecule has 0 spiro atoms. The van der Waals surface area contributed by atoms with Crippen molar-refractivity contribution in [2.45, 2.75) is 0 Å². The fourth-order valence-corrected chi connectivity index (χ4v) is 2.34. The first-order valence-electron chi connectivity index (χ1n) is 7.66. The number of nitrogens with one attached hydrogen (secondary N) is 1. The van der Waals surface area contributed by atoms with E-state index in [4.69, 9.17) is 10.2 Å². The van der Waals surface area contributed by atoms with Crippen LogP contribution in [0.4, 0.5) is 5.69 Å². The third-order valence-corrected chi connectivity index (χ3v) is 3.53. The van der Waals surface area contributed by atoms with E-state index in [0.717, 1.165) is 11.3 Å². The number of carbonyl (C=O) groups is 2. The Balaban J connectivity index is 1.70. The number of hydrogen-bond donors (Lipinski definition) is 2. The molecule has 3 aromatic rings. The third kappa shape index (κ3) is 4.03. The summed E-state index contributed by atoms with van der Waals surface area (Å²) in [5, 5.41) is 2.63. The molecule has 0 unspecified atom stereocenters. The summed E-state index contributed by atoms with van der Waals surface area (Å²) in [6.07, 6.45) is 2.90. The Morgan fingerprint density at radius 2 is 1.64 bits per heavy atom. The van der Waals surface area contributed by atoms with Crippen molar-refractivity contribution in [1.29, 1.82) is 0 Å². The van der Waals surface area contributed by atoms with Crippen LogP contribution in [0.5, 0.6) is 0 Å². The van der Waals surface area contributed by atoms with Crippen LogP contribution in [0.25, 0.3) is 17.4 Å². The number of furan rings is 1. The van der Waals surface area contributed by atoms with E-state index in [-0.39, 0.29) is 11.5 Å². The predicted molar refractivity (Wildman–Crippen MR) is 96.8 cm³/mol. The van der Waals surface area contributed by atoms with Crippen molar-refractivity contribution in [3.8, 4) is 11.3 Å². The molecule has 0 radical (unpaired) electrons. The summed E-state index contributed by atoms with van der Waals surface area (Å²) in [7, 11) is 0. The second-order valence-corrected chi connectivity index (χ2v) is 5.30. The molecule has 0 fully saturated rings. The average Bonchev–Trinajstić information content (AvgIpc) is 3.10. The summed E-state index contributed by atoms with van der Waals surface area (Å²) in [4.78, 5) is 23.4. The predicted octanol–water partition coefficient (Wildman–Crippen LogP) is 3.70. The molecule has 0 aliphatic heterocycles. The van der Waals surface area contributed by atoms with E-state index in [0.29, 0.717) is 11.4 Å². The van der Waals surface area contributed by atoms with Crippen LogP contribution in [0.3, 0.4) is 0 Å². The second-order valence-electron chi connectivity index (χ2n) is 5.30. The van der Waals surface area contributed by atoms with Gasteiger partial charge in [0.15, 0.2) is 0 Å². The largest absolute Gasteiger partial charge is 0.457 e. The molecule has 124 valence electrons. The van der Waals surface area contributed by atoms with Gasteiger partial charge in [-0.1, -0.05) is 42.5 Å². The maximum Gasteiger partial charge on any atom is 0.250 e. The summed E-state index contributed by atoms with van der Waals surface area (Å²) < 4.78 is 5.69. The molecule has 5 heteroatoms. The first-order valence-corrected chi connectivity index (χ1v) is 7.66. The van der Waals surface area contributed by atoms with Gasteiger partial charge in [0.1, 0.15) is 11.5 Å². The zero-order chi connectivity index (χ0) is 17.6. The molecule has 3 N–H and O–H groups in total. The van der Waals surface area contributed by atoms with E-state index in [1.807, 2.05) is 36.4 Å². The van der Waals surface area contributed by atoms with Crippen molar-refractivity contribution in [2.24, 2.45) is 5.73 Å². The van der Waals surface area contributed by atoms with Gasteiger partial charge < -0.3 is 15.5 Å². The minimum atomic E-state index is -0.599. The highest BCUT2D eigenvalue weighted by Gasteiger charge is 2.09. The first-order chi connectivity index (χ1) is 12.1. The standard InChI is InChI=1S/C20H16N2O3/c21-20(24)16-8-4-5-9-17(16)22-19(23)13-11-15-10-12-18(25-15)14-6-2-1-3-7-14/h1-13H,(H2,21,24)(H,22,23)/b13-11+. The fraction of sp³-hybridized carbons (Fsp3) is 0. The topological polar surface area (TPSA) is 85.3 Å². The van der Waals surface area contributed by atoms with E-state index < -0.39 is 5.91 Å². The van der Waals surface area contributed by atoms with E-state index in [9.17, 15) is 9.59 Å². The van der Waals surface area contributed by atoms with Crippen molar-refractivity contribution >= 4 is 23.6 Å². The number of rotatable bonds is 5. The Labute approximate surface area is 144 Å². The maximum absolute atomic E-state index is 12.0. The Kier molecular flexibility index (Phi) is 4.76. The maximum atomic E-state index is 12.0. The zero-order valence-electron chi connectivity index (χ0n) is 13.3. The molecule has 1 aromatic heterocycles. The minimum Gasteiger partial charge on any atom is -0.457 e. The molecule has 3 rings (SSSR count). The quantitative estimate of drug-likeness (QED) is 0.699. The number of carbonyl (C=O) groups excluding carboxylic acids is 2. The van der Waals surface area contributed by atoms with Gasteiger partial charge in [-0.15, -0.1) is 0 Å². The normalized spacial score (nSPS) is 10.7. The van der Waals surface area contributed by atoms with Gasteiger partial charge in [0.25, 0.3) is 5.91 Å². The molecular formula is C20H16N2O3.